The fraction of sp³-hybridized carbons (Fsp3) is 0.471. The minimum Gasteiger partial charge on any atom is -0.387 e. The van der Waals surface area contributed by atoms with E-state index in [1.807, 2.05) is 19.9 Å². The molecule has 2 rings (SSSR count). The van der Waals surface area contributed by atoms with Crippen LogP contribution < -0.4 is 0 Å². The first-order chi connectivity index (χ1) is 10.3. The van der Waals surface area contributed by atoms with Gasteiger partial charge in [-0.15, -0.1) is 0 Å². The van der Waals surface area contributed by atoms with Gasteiger partial charge in [0, 0.05) is 6.42 Å². The lowest BCUT2D eigenvalue weighted by atomic mass is 9.78. The summed E-state index contributed by atoms with van der Waals surface area (Å²) in [5.74, 6) is -0.407. The van der Waals surface area contributed by atoms with E-state index in [4.69, 9.17) is 5.26 Å². The topological polar surface area (TPSA) is 81.4 Å². The Kier molecular flexibility index (Phi) is 4.34. The molecule has 1 aliphatic rings. The molecule has 1 aliphatic heterocycles. The van der Waals surface area contributed by atoms with Crippen molar-refractivity contribution in [2.45, 2.75) is 33.3 Å². The molecule has 1 saturated heterocycles. The maximum absolute atomic E-state index is 12.5. The molecule has 2 atom stereocenters. The fourth-order valence-electron chi connectivity index (χ4n) is 2.60. The van der Waals surface area contributed by atoms with Crippen LogP contribution in [0.25, 0.3) is 0 Å². The van der Waals surface area contributed by atoms with E-state index in [1.54, 1.807) is 31.2 Å². The van der Waals surface area contributed by atoms with Gasteiger partial charge in [0.05, 0.1) is 29.7 Å². The number of benzene rings is 1. The molecule has 22 heavy (non-hydrogen) atoms. The highest BCUT2D eigenvalue weighted by Crippen LogP contribution is 2.39. The van der Waals surface area contributed by atoms with Gasteiger partial charge in [-0.1, -0.05) is 26.0 Å². The van der Waals surface area contributed by atoms with Crippen molar-refractivity contribution in [2.75, 3.05) is 6.54 Å². The third-order valence-electron chi connectivity index (χ3n) is 4.61. The normalized spacial score (nSPS) is 23.0. The predicted molar refractivity (Wildman–Crippen MR) is 80.4 cm³/mol. The number of hydrogen-bond donors (Lipinski definition) is 1. The average molecular weight is 300 g/mol. The Hall–Kier alpha value is -2.19. The van der Waals surface area contributed by atoms with Gasteiger partial charge in [-0.2, -0.15) is 5.26 Å². The van der Waals surface area contributed by atoms with Gasteiger partial charge in [-0.3, -0.25) is 14.5 Å². The van der Waals surface area contributed by atoms with Gasteiger partial charge in [-0.25, -0.2) is 0 Å². The zero-order valence-corrected chi connectivity index (χ0v) is 13.0. The maximum Gasteiger partial charge on any atom is 0.235 e. The van der Waals surface area contributed by atoms with Crippen LogP contribution in [0, 0.1) is 22.7 Å². The molecular weight excluding hydrogens is 280 g/mol. The van der Waals surface area contributed by atoms with Crippen molar-refractivity contribution in [3.8, 4) is 6.07 Å². The Balaban J connectivity index is 2.14. The smallest absolute Gasteiger partial charge is 0.235 e. The number of β-amino-alcohol motifs (C(OH)–C–C–N with tert-alkyl or cyclic N) is 1. The van der Waals surface area contributed by atoms with Gasteiger partial charge >= 0.3 is 0 Å². The van der Waals surface area contributed by atoms with Crippen molar-refractivity contribution in [3.05, 3.63) is 35.4 Å². The summed E-state index contributed by atoms with van der Waals surface area (Å²) in [5.41, 5.74) is 0.385. The molecule has 1 fully saturated rings. The lowest BCUT2D eigenvalue weighted by Gasteiger charge is -2.26. The van der Waals surface area contributed by atoms with Crippen LogP contribution >= 0.6 is 0 Å². The van der Waals surface area contributed by atoms with Crippen LogP contribution in [0.2, 0.25) is 0 Å². The zero-order valence-electron chi connectivity index (χ0n) is 13.0. The van der Waals surface area contributed by atoms with Gasteiger partial charge in [0.15, 0.2) is 0 Å². The lowest BCUT2D eigenvalue weighted by Crippen LogP contribution is -2.39. The maximum atomic E-state index is 12.5. The molecule has 1 aromatic rings. The highest BCUT2D eigenvalue weighted by atomic mass is 16.3. The number of likely N-dealkylation sites (tertiary alicyclic amines) is 1. The number of aliphatic hydroxyl groups is 1. The Morgan fingerprint density at radius 2 is 1.91 bits per heavy atom. The third-order valence-corrected chi connectivity index (χ3v) is 4.61. The summed E-state index contributed by atoms with van der Waals surface area (Å²) >= 11 is 0. The van der Waals surface area contributed by atoms with Crippen molar-refractivity contribution in [1.29, 1.82) is 5.26 Å². The standard InChI is InChI=1S/C17H20N2O3/c1-11(2)17(3)8-15(21)19(16(17)22)10-14(20)13-6-4-12(9-18)5-7-13/h4-7,11,14,20H,8,10H2,1-3H3. The minimum atomic E-state index is -0.949. The van der Waals surface area contributed by atoms with E-state index in [1.165, 1.54) is 0 Å². The quantitative estimate of drug-likeness (QED) is 0.862. The average Bonchev–Trinajstić information content (AvgIpc) is 2.72. The summed E-state index contributed by atoms with van der Waals surface area (Å²) in [5, 5.41) is 19.0. The minimum absolute atomic E-state index is 0.0497. The second-order valence-electron chi connectivity index (χ2n) is 6.31. The van der Waals surface area contributed by atoms with Crippen molar-refractivity contribution in [3.63, 3.8) is 0 Å². The highest BCUT2D eigenvalue weighted by molar-refractivity contribution is 6.05. The Labute approximate surface area is 130 Å². The van der Waals surface area contributed by atoms with Crippen LogP contribution in [0.1, 0.15) is 44.4 Å². The second-order valence-corrected chi connectivity index (χ2v) is 6.31. The lowest BCUT2D eigenvalue weighted by molar-refractivity contribution is -0.143. The van der Waals surface area contributed by atoms with Crippen LogP contribution in [-0.4, -0.2) is 28.4 Å². The van der Waals surface area contributed by atoms with Gasteiger partial charge in [0.1, 0.15) is 0 Å². The van der Waals surface area contributed by atoms with E-state index in [-0.39, 0.29) is 30.7 Å². The summed E-state index contributed by atoms with van der Waals surface area (Å²) in [6.07, 6.45) is -0.765. The highest BCUT2D eigenvalue weighted by Gasteiger charge is 2.50. The molecule has 2 amide bonds. The largest absolute Gasteiger partial charge is 0.387 e. The molecule has 5 nitrogen and oxygen atoms in total. The first kappa shape index (κ1) is 16.2. The summed E-state index contributed by atoms with van der Waals surface area (Å²) in [6, 6.07) is 8.48. The van der Waals surface area contributed by atoms with Crippen LogP contribution in [0.4, 0.5) is 0 Å². The molecule has 5 heteroatoms. The van der Waals surface area contributed by atoms with Gasteiger partial charge in [-0.05, 0) is 30.5 Å². The fourth-order valence-corrected chi connectivity index (χ4v) is 2.60. The summed E-state index contributed by atoms with van der Waals surface area (Å²) in [6.45, 7) is 5.59. The zero-order chi connectivity index (χ0) is 16.5. The number of aliphatic hydroxyl groups excluding tert-OH is 1. The molecule has 0 radical (unpaired) electrons. The number of imide groups is 1. The predicted octanol–water partition coefficient (Wildman–Crippen LogP) is 2.01. The van der Waals surface area contributed by atoms with E-state index in [2.05, 4.69) is 0 Å². The van der Waals surface area contributed by atoms with E-state index in [9.17, 15) is 14.7 Å². The molecule has 0 bridgehead atoms. The number of amides is 2. The number of carbonyl (C=O) groups is 2. The number of nitriles is 1. The van der Waals surface area contributed by atoms with Gasteiger partial charge in [0.25, 0.3) is 0 Å². The monoisotopic (exact) mass is 300 g/mol. The SMILES string of the molecule is CC(C)C1(C)CC(=O)N(CC(O)c2ccc(C#N)cc2)C1=O. The number of rotatable bonds is 4. The molecule has 0 aromatic heterocycles. The van der Waals surface area contributed by atoms with Crippen molar-refractivity contribution in [2.24, 2.45) is 11.3 Å². The Morgan fingerprint density at radius 1 is 1.32 bits per heavy atom. The summed E-state index contributed by atoms with van der Waals surface area (Å²) in [7, 11) is 0. The number of carbonyl (C=O) groups excluding carboxylic acids is 2. The van der Waals surface area contributed by atoms with Gasteiger partial charge in [0.2, 0.25) is 11.8 Å². The molecule has 0 aliphatic carbocycles. The first-order valence-electron chi connectivity index (χ1n) is 7.32. The molecule has 2 unspecified atom stereocenters. The molecule has 116 valence electrons. The van der Waals surface area contributed by atoms with Crippen molar-refractivity contribution >= 4 is 11.8 Å². The molecule has 1 aromatic carbocycles. The molecule has 0 spiro atoms. The molecule has 1 N–H and O–H groups in total. The van der Waals surface area contributed by atoms with Crippen LogP contribution in [-0.2, 0) is 9.59 Å². The van der Waals surface area contributed by atoms with Crippen molar-refractivity contribution in [1.82, 2.24) is 4.90 Å². The van der Waals surface area contributed by atoms with Crippen LogP contribution in [0.15, 0.2) is 24.3 Å². The van der Waals surface area contributed by atoms with Crippen molar-refractivity contribution < 1.29 is 14.7 Å². The van der Waals surface area contributed by atoms with Crippen LogP contribution in [0.5, 0.6) is 0 Å². The second kappa shape index (κ2) is 5.90. The number of hydrogen-bond acceptors (Lipinski definition) is 4. The summed E-state index contributed by atoms with van der Waals surface area (Å²) < 4.78 is 0. The van der Waals surface area contributed by atoms with E-state index in [0.29, 0.717) is 11.1 Å². The Bertz CT molecular complexity index is 630. The summed E-state index contributed by atoms with van der Waals surface area (Å²) in [4.78, 5) is 25.8. The molecule has 1 heterocycles. The number of nitrogens with zero attached hydrogens (tertiary/aromatic N) is 2. The third kappa shape index (κ3) is 2.75. The van der Waals surface area contributed by atoms with E-state index in [0.717, 1.165) is 4.90 Å². The van der Waals surface area contributed by atoms with Crippen LogP contribution in [0.3, 0.4) is 0 Å². The molecular formula is C17H20N2O3. The Morgan fingerprint density at radius 3 is 2.36 bits per heavy atom. The molecule has 0 saturated carbocycles. The first-order valence-corrected chi connectivity index (χ1v) is 7.32. The van der Waals surface area contributed by atoms with E-state index < -0.39 is 11.5 Å². The van der Waals surface area contributed by atoms with E-state index >= 15 is 0 Å². The van der Waals surface area contributed by atoms with Gasteiger partial charge < -0.3 is 5.11 Å².